The van der Waals surface area contributed by atoms with E-state index in [9.17, 15) is 0 Å². The topological polar surface area (TPSA) is 21.7 Å². The van der Waals surface area contributed by atoms with Gasteiger partial charge in [0.25, 0.3) is 0 Å². The van der Waals surface area contributed by atoms with Crippen molar-refractivity contribution in [1.29, 1.82) is 0 Å². The quantitative estimate of drug-likeness (QED) is 0.652. The molecule has 100 valence electrons. The van der Waals surface area contributed by atoms with E-state index in [1.54, 1.807) is 0 Å². The number of benzene rings is 1. The molecule has 20 heavy (non-hydrogen) atoms. The number of hydrogen-bond donors (Lipinski definition) is 0. The summed E-state index contributed by atoms with van der Waals surface area (Å²) in [5, 5.41) is 5.51. The van der Waals surface area contributed by atoms with Gasteiger partial charge in [-0.05, 0) is 25.1 Å². The molecule has 3 nitrogen and oxygen atoms in total. The standard InChI is InChI=1S/C17H18N3/c1-13-15(12-18-20(13)3)9-11-16-10-8-14-6-4-5-7-17(14)19(16)2/h4-12H,1-3H3/q+1. The monoisotopic (exact) mass is 264 g/mol. The van der Waals surface area contributed by atoms with Crippen LogP contribution in [0.3, 0.4) is 0 Å². The van der Waals surface area contributed by atoms with Crippen molar-refractivity contribution in [2.75, 3.05) is 0 Å². The lowest BCUT2D eigenvalue weighted by molar-refractivity contribution is -0.646. The summed E-state index contributed by atoms with van der Waals surface area (Å²) in [5.41, 5.74) is 4.73. The van der Waals surface area contributed by atoms with E-state index in [-0.39, 0.29) is 0 Å². The normalized spacial score (nSPS) is 11.6. The molecule has 0 atom stereocenters. The van der Waals surface area contributed by atoms with Crippen LogP contribution in [0, 0.1) is 6.92 Å². The predicted molar refractivity (Wildman–Crippen MR) is 82.0 cm³/mol. The number of para-hydroxylation sites is 1. The number of hydrogen-bond acceptors (Lipinski definition) is 1. The first kappa shape index (κ1) is 12.6. The van der Waals surface area contributed by atoms with E-state index in [1.807, 2.05) is 17.9 Å². The molecule has 1 aromatic carbocycles. The Morgan fingerprint density at radius 3 is 2.65 bits per heavy atom. The van der Waals surface area contributed by atoms with Gasteiger partial charge in [0.1, 0.15) is 7.05 Å². The molecule has 2 heterocycles. The molecule has 0 unspecified atom stereocenters. The summed E-state index contributed by atoms with van der Waals surface area (Å²) in [4.78, 5) is 0. The van der Waals surface area contributed by atoms with Gasteiger partial charge >= 0.3 is 0 Å². The lowest BCUT2D eigenvalue weighted by Gasteiger charge is -1.99. The average molecular weight is 264 g/mol. The molecular formula is C17H18N3+. The maximum absolute atomic E-state index is 4.26. The van der Waals surface area contributed by atoms with Gasteiger partial charge in [-0.1, -0.05) is 12.1 Å². The van der Waals surface area contributed by atoms with E-state index in [0.29, 0.717) is 0 Å². The van der Waals surface area contributed by atoms with Crippen LogP contribution in [0.2, 0.25) is 0 Å². The molecule has 2 aromatic heterocycles. The van der Waals surface area contributed by atoms with Crippen molar-refractivity contribution in [3.8, 4) is 0 Å². The largest absolute Gasteiger partial charge is 0.272 e. The van der Waals surface area contributed by atoms with Crippen molar-refractivity contribution in [2.24, 2.45) is 14.1 Å². The molecule has 0 aliphatic carbocycles. The highest BCUT2D eigenvalue weighted by Gasteiger charge is 2.08. The summed E-state index contributed by atoms with van der Waals surface area (Å²) in [7, 11) is 4.06. The summed E-state index contributed by atoms with van der Waals surface area (Å²) in [5.74, 6) is 0. The SMILES string of the molecule is Cc1c(/C=C/c2ccc3ccccc3[n+]2C)cnn1C. The third-order valence-corrected chi connectivity index (χ3v) is 3.83. The number of fused-ring (bicyclic) bond motifs is 1. The van der Waals surface area contributed by atoms with Gasteiger partial charge in [-0.25, -0.2) is 0 Å². The maximum atomic E-state index is 4.26. The van der Waals surface area contributed by atoms with Gasteiger partial charge in [0.05, 0.1) is 6.20 Å². The molecule has 0 fully saturated rings. The van der Waals surface area contributed by atoms with E-state index in [4.69, 9.17) is 0 Å². The second-order valence-electron chi connectivity index (χ2n) is 5.02. The Kier molecular flexibility index (Phi) is 3.11. The number of rotatable bonds is 2. The van der Waals surface area contributed by atoms with Crippen molar-refractivity contribution >= 4 is 23.1 Å². The van der Waals surface area contributed by atoms with Gasteiger partial charge in [-0.2, -0.15) is 9.67 Å². The van der Waals surface area contributed by atoms with Crippen LogP contribution < -0.4 is 4.57 Å². The predicted octanol–water partition coefficient (Wildman–Crippen LogP) is 2.88. The van der Waals surface area contributed by atoms with Crippen LogP contribution >= 0.6 is 0 Å². The van der Waals surface area contributed by atoms with Crippen molar-refractivity contribution in [3.63, 3.8) is 0 Å². The lowest BCUT2D eigenvalue weighted by atomic mass is 10.1. The Morgan fingerprint density at radius 1 is 1.10 bits per heavy atom. The summed E-state index contributed by atoms with van der Waals surface area (Å²) in [6.45, 7) is 2.08. The number of nitrogens with zero attached hydrogens (tertiary/aromatic N) is 3. The van der Waals surface area contributed by atoms with E-state index >= 15 is 0 Å². The van der Waals surface area contributed by atoms with Crippen LogP contribution in [0.1, 0.15) is 17.0 Å². The van der Waals surface area contributed by atoms with E-state index in [1.165, 1.54) is 22.3 Å². The Labute approximate surface area is 118 Å². The smallest absolute Gasteiger partial charge is 0.212 e. The maximum Gasteiger partial charge on any atom is 0.212 e. The zero-order chi connectivity index (χ0) is 14.1. The van der Waals surface area contributed by atoms with E-state index in [2.05, 4.69) is 72.2 Å². The number of aromatic nitrogens is 3. The highest BCUT2D eigenvalue weighted by Crippen LogP contribution is 2.13. The van der Waals surface area contributed by atoms with Crippen LogP contribution in [-0.2, 0) is 14.1 Å². The molecule has 0 saturated carbocycles. The van der Waals surface area contributed by atoms with Crippen LogP contribution in [-0.4, -0.2) is 9.78 Å². The third-order valence-electron chi connectivity index (χ3n) is 3.83. The molecule has 0 bridgehead atoms. The van der Waals surface area contributed by atoms with Crippen molar-refractivity contribution in [1.82, 2.24) is 9.78 Å². The van der Waals surface area contributed by atoms with E-state index in [0.717, 1.165) is 5.56 Å². The Morgan fingerprint density at radius 2 is 1.90 bits per heavy atom. The molecule has 0 spiro atoms. The summed E-state index contributed by atoms with van der Waals surface area (Å²) in [6.07, 6.45) is 6.15. The molecule has 0 amide bonds. The molecule has 0 N–H and O–H groups in total. The molecule has 3 aromatic rings. The Bertz CT molecular complexity index is 797. The van der Waals surface area contributed by atoms with E-state index < -0.39 is 0 Å². The first-order valence-electron chi connectivity index (χ1n) is 6.71. The van der Waals surface area contributed by atoms with Gasteiger partial charge in [-0.15, -0.1) is 0 Å². The number of aryl methyl sites for hydroxylation is 2. The van der Waals surface area contributed by atoms with Crippen molar-refractivity contribution in [2.45, 2.75) is 6.92 Å². The van der Waals surface area contributed by atoms with Crippen LogP contribution in [0.15, 0.2) is 42.6 Å². The summed E-state index contributed by atoms with van der Waals surface area (Å²) in [6, 6.07) is 12.7. The highest BCUT2D eigenvalue weighted by atomic mass is 15.3. The van der Waals surface area contributed by atoms with Crippen molar-refractivity contribution in [3.05, 3.63) is 59.5 Å². The van der Waals surface area contributed by atoms with Gasteiger partial charge in [-0.3, -0.25) is 4.68 Å². The molecule has 0 aliphatic heterocycles. The van der Waals surface area contributed by atoms with Gasteiger partial charge in [0.15, 0.2) is 0 Å². The second kappa shape index (κ2) is 4.93. The minimum Gasteiger partial charge on any atom is -0.272 e. The number of pyridine rings is 1. The lowest BCUT2D eigenvalue weighted by Crippen LogP contribution is -2.32. The molecule has 3 heteroatoms. The Balaban J connectivity index is 2.03. The first-order valence-corrected chi connectivity index (χ1v) is 6.71. The van der Waals surface area contributed by atoms with Crippen molar-refractivity contribution < 1.29 is 4.57 Å². The van der Waals surface area contributed by atoms with Crippen LogP contribution in [0.5, 0.6) is 0 Å². The zero-order valence-corrected chi connectivity index (χ0v) is 12.0. The van der Waals surface area contributed by atoms with Gasteiger partial charge in [0.2, 0.25) is 11.2 Å². The molecule has 0 aliphatic rings. The molecular weight excluding hydrogens is 246 g/mol. The second-order valence-corrected chi connectivity index (χ2v) is 5.02. The average Bonchev–Trinajstić information content (AvgIpc) is 2.79. The van der Waals surface area contributed by atoms with Crippen LogP contribution in [0.25, 0.3) is 23.1 Å². The fourth-order valence-electron chi connectivity index (χ4n) is 2.38. The fourth-order valence-corrected chi connectivity index (χ4v) is 2.38. The Hall–Kier alpha value is -2.42. The summed E-state index contributed by atoms with van der Waals surface area (Å²) >= 11 is 0. The minimum absolute atomic E-state index is 1.15. The zero-order valence-electron chi connectivity index (χ0n) is 12.0. The first-order chi connectivity index (χ1) is 9.66. The fraction of sp³-hybridized carbons (Fsp3) is 0.176. The highest BCUT2D eigenvalue weighted by molar-refractivity contribution is 5.77. The third kappa shape index (κ3) is 2.11. The molecule has 0 radical (unpaired) electrons. The van der Waals surface area contributed by atoms with Gasteiger partial charge < -0.3 is 0 Å². The summed E-state index contributed by atoms with van der Waals surface area (Å²) < 4.78 is 4.09. The molecule has 0 saturated heterocycles. The van der Waals surface area contributed by atoms with Crippen LogP contribution in [0.4, 0.5) is 0 Å². The molecule has 3 rings (SSSR count). The minimum atomic E-state index is 1.15. The van der Waals surface area contributed by atoms with Gasteiger partial charge in [0, 0.05) is 41.9 Å².